The summed E-state index contributed by atoms with van der Waals surface area (Å²) in [4.78, 5) is 65.5. The van der Waals surface area contributed by atoms with Crippen molar-refractivity contribution < 1.29 is 47.2 Å². The number of aliphatic hydroxyl groups is 1. The predicted octanol–water partition coefficient (Wildman–Crippen LogP) is 7.68. The highest BCUT2D eigenvalue weighted by atomic mass is 19.1. The van der Waals surface area contributed by atoms with Crippen LogP contribution < -0.4 is 19.9 Å². The highest BCUT2D eigenvalue weighted by Gasteiger charge is 2.50. The summed E-state index contributed by atoms with van der Waals surface area (Å²) in [5.74, 6) is -0.161. The number of nitrogens with zero attached hydrogens (tertiary/aromatic N) is 9. The summed E-state index contributed by atoms with van der Waals surface area (Å²) in [5.41, 5.74) is 0.485. The van der Waals surface area contributed by atoms with Gasteiger partial charge < -0.3 is 38.8 Å². The van der Waals surface area contributed by atoms with Gasteiger partial charge in [0.2, 0.25) is 0 Å². The largest absolute Gasteiger partial charge is 0.508 e. The van der Waals surface area contributed by atoms with E-state index >= 15 is 8.78 Å². The first-order valence-electron chi connectivity index (χ1n) is 26.7. The number of pyridine rings is 3. The van der Waals surface area contributed by atoms with E-state index in [1.54, 1.807) is 41.5 Å². The van der Waals surface area contributed by atoms with Crippen molar-refractivity contribution >= 4 is 50.3 Å². The van der Waals surface area contributed by atoms with E-state index in [9.17, 15) is 34.2 Å². The van der Waals surface area contributed by atoms with Crippen molar-refractivity contribution in [2.24, 2.45) is 0 Å². The third kappa shape index (κ3) is 8.25. The minimum atomic E-state index is -1.96. The number of alkyl halides is 1. The van der Waals surface area contributed by atoms with Crippen molar-refractivity contribution in [1.29, 1.82) is 5.26 Å². The number of cyclic esters (lactones) is 1. The number of carbonyl (C=O) groups is 2. The maximum Gasteiger partial charge on any atom is 0.343 e. The molecule has 1 amide bonds. The summed E-state index contributed by atoms with van der Waals surface area (Å²) in [7, 11) is 0. The van der Waals surface area contributed by atoms with Crippen molar-refractivity contribution in [2.45, 2.75) is 102 Å². The maximum absolute atomic E-state index is 17.4. The number of benzene rings is 3. The average molecular weight is 1090 g/mol. The molecule has 5 atom stereocenters. The smallest absolute Gasteiger partial charge is 0.343 e. The Morgan fingerprint density at radius 1 is 1.04 bits per heavy atom. The number of terminal acetylenes is 1. The van der Waals surface area contributed by atoms with Crippen LogP contribution in [-0.4, -0.2) is 120 Å². The molecular formula is C60H54F3N9O8. The van der Waals surface area contributed by atoms with Crippen LogP contribution in [0.5, 0.6) is 17.5 Å². The van der Waals surface area contributed by atoms with Crippen LogP contribution >= 0.6 is 0 Å². The molecule has 0 saturated carbocycles. The van der Waals surface area contributed by atoms with Crippen LogP contribution in [-0.2, 0) is 39.5 Å². The van der Waals surface area contributed by atoms with E-state index in [1.807, 2.05) is 17.9 Å². The number of hydrogen-bond donors (Lipinski definition) is 2. The number of fused-ring (bicyclic) bond motifs is 8. The van der Waals surface area contributed by atoms with Crippen molar-refractivity contribution in [1.82, 2.24) is 34.3 Å². The monoisotopic (exact) mass is 1090 g/mol. The molecule has 20 heteroatoms. The van der Waals surface area contributed by atoms with E-state index in [2.05, 4.69) is 33.4 Å². The number of piperazine rings is 1. The quantitative estimate of drug-likeness (QED) is 0.0683. The highest BCUT2D eigenvalue weighted by Crippen LogP contribution is 2.44. The van der Waals surface area contributed by atoms with Crippen LogP contribution in [0.15, 0.2) is 71.7 Å². The topological polar surface area (TPSA) is 209 Å². The number of nitriles is 1. The van der Waals surface area contributed by atoms with Gasteiger partial charge in [0.1, 0.15) is 59.8 Å². The van der Waals surface area contributed by atoms with Gasteiger partial charge in [-0.2, -0.15) is 15.2 Å². The lowest BCUT2D eigenvalue weighted by atomic mass is 9.86. The molecule has 17 nitrogen and oxygen atoms in total. The van der Waals surface area contributed by atoms with Crippen molar-refractivity contribution in [3.8, 4) is 58.6 Å². The third-order valence-electron chi connectivity index (χ3n) is 16.9. The summed E-state index contributed by atoms with van der Waals surface area (Å²) >= 11 is 0. The zero-order chi connectivity index (χ0) is 56.1. The Kier molecular flexibility index (Phi) is 12.8. The van der Waals surface area contributed by atoms with Crippen LogP contribution in [0, 0.1) is 35.3 Å². The molecule has 0 spiro atoms. The Labute approximate surface area is 456 Å². The number of halogens is 3. The van der Waals surface area contributed by atoms with Crippen molar-refractivity contribution in [3.63, 3.8) is 0 Å². The number of amides is 1. The number of aromatic hydroxyl groups is 1. The zero-order valence-electron chi connectivity index (χ0n) is 44.1. The first-order valence-corrected chi connectivity index (χ1v) is 26.7. The maximum atomic E-state index is 17.4. The average Bonchev–Trinajstić information content (AvgIpc) is 4.29. The minimum Gasteiger partial charge on any atom is -0.508 e. The van der Waals surface area contributed by atoms with Crippen LogP contribution in [0.25, 0.3) is 55.2 Å². The lowest BCUT2D eigenvalue weighted by Crippen LogP contribution is -2.56. The van der Waals surface area contributed by atoms with Crippen LogP contribution in [0.3, 0.4) is 0 Å². The number of esters is 1. The summed E-state index contributed by atoms with van der Waals surface area (Å²) in [6, 6.07) is 13.6. The molecule has 2 N–H and O–H groups in total. The fourth-order valence-electron chi connectivity index (χ4n) is 12.8. The lowest BCUT2D eigenvalue weighted by molar-refractivity contribution is -0.172. The van der Waals surface area contributed by atoms with Gasteiger partial charge in [-0.3, -0.25) is 19.5 Å². The van der Waals surface area contributed by atoms with Gasteiger partial charge in [0.15, 0.2) is 11.4 Å². The number of aryl methyl sites for hydroxylation is 1. The number of hydrogen-bond acceptors (Lipinski definition) is 15. The molecule has 408 valence electrons. The van der Waals surface area contributed by atoms with Crippen LogP contribution in [0.1, 0.15) is 80.7 Å². The van der Waals surface area contributed by atoms with Gasteiger partial charge >= 0.3 is 12.0 Å². The molecule has 4 aromatic heterocycles. The van der Waals surface area contributed by atoms with Crippen LogP contribution in [0.4, 0.5) is 19.0 Å². The molecule has 5 aliphatic rings. The number of rotatable bonds is 12. The Bertz CT molecular complexity index is 3990. The molecule has 0 radical (unpaired) electrons. The molecular weight excluding hydrogens is 1030 g/mol. The Morgan fingerprint density at radius 3 is 2.64 bits per heavy atom. The van der Waals surface area contributed by atoms with Gasteiger partial charge in [-0.15, -0.1) is 6.42 Å². The molecule has 3 saturated heterocycles. The van der Waals surface area contributed by atoms with E-state index in [0.717, 1.165) is 22.9 Å². The van der Waals surface area contributed by atoms with Gasteiger partial charge in [-0.1, -0.05) is 32.4 Å². The summed E-state index contributed by atoms with van der Waals surface area (Å²) in [6.07, 6.45) is 7.54. The fourth-order valence-corrected chi connectivity index (χ4v) is 12.8. The molecule has 0 aliphatic carbocycles. The first kappa shape index (κ1) is 52.1. The van der Waals surface area contributed by atoms with Gasteiger partial charge in [-0.25, -0.2) is 22.9 Å². The number of carbonyl (C=O) groups excluding carboxylic acids is 2. The fraction of sp³-hybridized carbons (Fsp3) is 0.367. The Balaban J connectivity index is 0.825. The molecule has 3 aromatic carbocycles. The second-order valence-corrected chi connectivity index (χ2v) is 21.3. The van der Waals surface area contributed by atoms with E-state index in [4.69, 9.17) is 30.6 Å². The molecule has 1 unspecified atom stereocenters. The van der Waals surface area contributed by atoms with E-state index < -0.39 is 53.0 Å². The number of aromatic nitrogens is 5. The molecule has 9 heterocycles. The zero-order valence-corrected chi connectivity index (χ0v) is 44.1. The van der Waals surface area contributed by atoms with Gasteiger partial charge in [0, 0.05) is 71.8 Å². The number of phenolic OH excluding ortho intramolecular Hbond substituents is 1. The first-order chi connectivity index (χ1) is 38.5. The SMILES string of the molecule is C#Cc1c(F)ccc2cc(O)cc(-c3ncc4c(N5CCN(C(=O)C(=C)C(C)Oc6ccc7nc8c(c(CC)c7c6)Cn6c-8cc7c(c6=O)COC(=O)[C@]7(O)CC)[C@@H](CC#N)C5)nc(OC[C@@]56CCCN5C[C@H](F)C6)nc4c3F)c12. The summed E-state index contributed by atoms with van der Waals surface area (Å²) < 4.78 is 67.1. The van der Waals surface area contributed by atoms with Crippen LogP contribution in [0.2, 0.25) is 0 Å². The van der Waals surface area contributed by atoms with E-state index in [0.29, 0.717) is 47.4 Å². The molecule has 5 aliphatic heterocycles. The van der Waals surface area contributed by atoms with Crippen molar-refractivity contribution in [2.75, 3.05) is 44.2 Å². The lowest BCUT2D eigenvalue weighted by Gasteiger charge is -2.42. The van der Waals surface area contributed by atoms with Crippen molar-refractivity contribution in [3.05, 3.63) is 117 Å². The van der Waals surface area contributed by atoms with E-state index in [-0.39, 0.29) is 138 Å². The number of anilines is 1. The third-order valence-corrected chi connectivity index (χ3v) is 16.9. The van der Waals surface area contributed by atoms with Gasteiger partial charge in [0.25, 0.3) is 11.5 Å². The standard InChI is InChI=1S/C60H54F3N9O8/c1-6-38-40-22-37(11-13-47(40)66-51-43(38)28-72-48(51)23-45-44(56(72)75)29-78-57(76)60(45,77)8-3)80-32(5)31(4)55(74)71-19-18-69(27-35(71)14-16-64)54-42-25-65-52(41-21-36(73)20-33-10-12-46(62)39(7-2)49(33)41)50(63)53(42)67-58(68-54)79-30-59-15-9-17-70(59)26-34(61)24-59/h2,10-13,20-23,25,32,34-35,73,77H,4,6,8-9,14-15,17-19,24,26-30H2,1,3,5H3/t32?,34-,35+,59+,60+/m1/s1. The normalized spacial score (nSPS) is 21.6. The molecule has 12 rings (SSSR count). The molecule has 3 fully saturated rings. The molecule has 7 aromatic rings. The second kappa shape index (κ2) is 19.6. The molecule has 80 heavy (non-hydrogen) atoms. The highest BCUT2D eigenvalue weighted by molar-refractivity contribution is 6.03. The Morgan fingerprint density at radius 2 is 1.86 bits per heavy atom. The van der Waals surface area contributed by atoms with Gasteiger partial charge in [-0.05, 0) is 92.6 Å². The number of ether oxygens (including phenoxy) is 3. The van der Waals surface area contributed by atoms with Gasteiger partial charge in [0.05, 0.1) is 64.0 Å². The number of phenols is 1. The second-order valence-electron chi connectivity index (χ2n) is 21.3. The minimum absolute atomic E-state index is 0.0222. The summed E-state index contributed by atoms with van der Waals surface area (Å²) in [5, 5.41) is 33.8. The summed E-state index contributed by atoms with van der Waals surface area (Å²) in [6.45, 7) is 10.8. The molecule has 0 bridgehead atoms. The predicted molar refractivity (Wildman–Crippen MR) is 289 cm³/mol. The van der Waals surface area contributed by atoms with E-state index in [1.165, 1.54) is 30.5 Å². The Hall–Kier alpha value is -8.59.